The van der Waals surface area contributed by atoms with E-state index < -0.39 is 24.4 Å². The second-order valence-corrected chi connectivity index (χ2v) is 10.8. The lowest BCUT2D eigenvalue weighted by molar-refractivity contribution is -0.136. The fraction of sp³-hybridized carbons (Fsp3) is 0.400. The van der Waals surface area contributed by atoms with E-state index in [0.29, 0.717) is 26.4 Å². The van der Waals surface area contributed by atoms with Crippen molar-refractivity contribution in [2.75, 3.05) is 27.2 Å². The SMILES string of the molecule is CCCCN[C@H]1C=C(COCc2ccccc2)[C@@H](OCc2ccccc2)[C@H](OCc2ccccc2)[C@@H]1OC(=O)N(C)C. The molecule has 3 aromatic rings. The Morgan fingerprint density at radius 2 is 1.29 bits per heavy atom. The Morgan fingerprint density at radius 3 is 1.83 bits per heavy atom. The molecular formula is C35H44N2O5. The molecule has 1 aliphatic rings. The Bertz CT molecular complexity index is 1220. The van der Waals surface area contributed by atoms with Crippen molar-refractivity contribution in [1.82, 2.24) is 10.2 Å². The lowest BCUT2D eigenvalue weighted by atomic mass is 9.87. The van der Waals surface area contributed by atoms with Crippen molar-refractivity contribution in [2.45, 2.75) is 63.9 Å². The number of hydrogen-bond acceptors (Lipinski definition) is 6. The first-order valence-electron chi connectivity index (χ1n) is 14.8. The van der Waals surface area contributed by atoms with Gasteiger partial charge in [0.25, 0.3) is 0 Å². The fourth-order valence-corrected chi connectivity index (χ4v) is 4.89. The zero-order valence-electron chi connectivity index (χ0n) is 25.0. The Morgan fingerprint density at radius 1 is 0.738 bits per heavy atom. The molecule has 1 amide bonds. The van der Waals surface area contributed by atoms with Gasteiger partial charge in [-0.2, -0.15) is 0 Å². The van der Waals surface area contributed by atoms with Crippen molar-refractivity contribution in [2.24, 2.45) is 0 Å². The largest absolute Gasteiger partial charge is 0.441 e. The van der Waals surface area contributed by atoms with E-state index in [-0.39, 0.29) is 6.04 Å². The van der Waals surface area contributed by atoms with E-state index in [2.05, 4.69) is 30.4 Å². The second kappa shape index (κ2) is 16.8. The number of rotatable bonds is 15. The third-order valence-electron chi connectivity index (χ3n) is 7.19. The van der Waals surface area contributed by atoms with Crippen LogP contribution in [0.25, 0.3) is 0 Å². The first-order valence-corrected chi connectivity index (χ1v) is 14.8. The van der Waals surface area contributed by atoms with E-state index in [1.165, 1.54) is 4.90 Å². The predicted octanol–water partition coefficient (Wildman–Crippen LogP) is 6.14. The van der Waals surface area contributed by atoms with Crippen molar-refractivity contribution >= 4 is 6.09 Å². The van der Waals surface area contributed by atoms with Gasteiger partial charge in [0.2, 0.25) is 0 Å². The smallest absolute Gasteiger partial charge is 0.409 e. The summed E-state index contributed by atoms with van der Waals surface area (Å²) in [4.78, 5) is 14.4. The average molecular weight is 573 g/mol. The Labute approximate surface area is 250 Å². The van der Waals surface area contributed by atoms with Crippen molar-refractivity contribution in [3.05, 3.63) is 119 Å². The molecule has 4 atom stereocenters. The van der Waals surface area contributed by atoms with Gasteiger partial charge in [-0.25, -0.2) is 4.79 Å². The first kappa shape index (κ1) is 31.4. The normalized spacial score (nSPS) is 20.1. The van der Waals surface area contributed by atoms with Crippen molar-refractivity contribution < 1.29 is 23.7 Å². The third kappa shape index (κ3) is 9.53. The van der Waals surface area contributed by atoms with Gasteiger partial charge in [-0.15, -0.1) is 0 Å². The fourth-order valence-electron chi connectivity index (χ4n) is 4.89. The number of amides is 1. The second-order valence-electron chi connectivity index (χ2n) is 10.8. The molecule has 0 aliphatic heterocycles. The summed E-state index contributed by atoms with van der Waals surface area (Å²) in [6, 6.07) is 29.9. The summed E-state index contributed by atoms with van der Waals surface area (Å²) in [5.41, 5.74) is 4.15. The van der Waals surface area contributed by atoms with Crippen LogP contribution in [0.15, 0.2) is 103 Å². The summed E-state index contributed by atoms with van der Waals surface area (Å²) in [5.74, 6) is 0. The van der Waals surface area contributed by atoms with Gasteiger partial charge in [0.15, 0.2) is 6.10 Å². The van der Waals surface area contributed by atoms with Crippen LogP contribution in [-0.2, 0) is 38.8 Å². The molecule has 0 spiro atoms. The van der Waals surface area contributed by atoms with Crippen LogP contribution in [0.1, 0.15) is 36.5 Å². The number of carbonyl (C=O) groups is 1. The Hall–Kier alpha value is -3.49. The van der Waals surface area contributed by atoms with Crippen LogP contribution in [0.5, 0.6) is 0 Å². The van der Waals surface area contributed by atoms with Crippen LogP contribution < -0.4 is 5.32 Å². The molecule has 0 aromatic heterocycles. The molecule has 7 nitrogen and oxygen atoms in total. The van der Waals surface area contributed by atoms with Gasteiger partial charge < -0.3 is 29.2 Å². The van der Waals surface area contributed by atoms with Crippen molar-refractivity contribution in [3.8, 4) is 0 Å². The molecule has 0 radical (unpaired) electrons. The van der Waals surface area contributed by atoms with Crippen LogP contribution in [0, 0.1) is 0 Å². The molecule has 0 unspecified atom stereocenters. The monoisotopic (exact) mass is 572 g/mol. The summed E-state index contributed by atoms with van der Waals surface area (Å²) in [6.07, 6.45) is 2.07. The first-order chi connectivity index (χ1) is 20.5. The minimum Gasteiger partial charge on any atom is -0.441 e. The highest BCUT2D eigenvalue weighted by atomic mass is 16.6. The highest BCUT2D eigenvalue weighted by Gasteiger charge is 2.44. The quantitative estimate of drug-likeness (QED) is 0.174. The lowest BCUT2D eigenvalue weighted by Gasteiger charge is -2.42. The third-order valence-corrected chi connectivity index (χ3v) is 7.19. The Kier molecular flexibility index (Phi) is 12.6. The van der Waals surface area contributed by atoms with Gasteiger partial charge in [0, 0.05) is 14.1 Å². The molecule has 0 heterocycles. The van der Waals surface area contributed by atoms with Crippen LogP contribution in [0.4, 0.5) is 4.79 Å². The molecular weight excluding hydrogens is 528 g/mol. The number of unbranched alkanes of at least 4 members (excludes halogenated alkanes) is 1. The number of hydrogen-bond donors (Lipinski definition) is 1. The molecule has 1 aliphatic carbocycles. The molecule has 7 heteroatoms. The van der Waals surface area contributed by atoms with Crippen LogP contribution in [0.2, 0.25) is 0 Å². The zero-order chi connectivity index (χ0) is 29.6. The number of nitrogens with zero attached hydrogens (tertiary/aromatic N) is 1. The van der Waals surface area contributed by atoms with E-state index in [4.69, 9.17) is 18.9 Å². The molecule has 0 saturated carbocycles. The highest BCUT2D eigenvalue weighted by molar-refractivity contribution is 5.67. The van der Waals surface area contributed by atoms with Gasteiger partial charge in [-0.1, -0.05) is 110 Å². The molecule has 0 saturated heterocycles. The lowest BCUT2D eigenvalue weighted by Crippen LogP contribution is -2.58. The summed E-state index contributed by atoms with van der Waals surface area (Å²) in [6.45, 7) is 4.52. The van der Waals surface area contributed by atoms with Gasteiger partial charge in [-0.3, -0.25) is 0 Å². The average Bonchev–Trinajstić information content (AvgIpc) is 3.02. The molecule has 3 aromatic carbocycles. The molecule has 0 fully saturated rings. The van der Waals surface area contributed by atoms with Crippen molar-refractivity contribution in [3.63, 3.8) is 0 Å². The summed E-state index contributed by atoms with van der Waals surface area (Å²) >= 11 is 0. The van der Waals surface area contributed by atoms with Crippen LogP contribution >= 0.6 is 0 Å². The van der Waals surface area contributed by atoms with E-state index in [0.717, 1.165) is 41.6 Å². The van der Waals surface area contributed by atoms with E-state index >= 15 is 0 Å². The standard InChI is InChI=1S/C35H44N2O5/c1-4-5-21-36-31-22-30(26-39-23-27-15-9-6-10-16-27)32(40-24-28-17-11-7-12-18-28)34(33(31)42-35(38)37(2)3)41-25-29-19-13-8-14-20-29/h6-20,22,31-34,36H,4-5,21,23-26H2,1-3H3/t31-,32+,33+,34-/m0/s1. The van der Waals surface area contributed by atoms with Gasteiger partial charge in [-0.05, 0) is 35.2 Å². The van der Waals surface area contributed by atoms with E-state index in [1.807, 2.05) is 78.9 Å². The molecule has 42 heavy (non-hydrogen) atoms. The number of carbonyl (C=O) groups excluding carboxylic acids is 1. The van der Waals surface area contributed by atoms with Crippen molar-refractivity contribution in [1.29, 1.82) is 0 Å². The summed E-state index contributed by atoms with van der Waals surface area (Å²) < 4.78 is 25.6. The minimum atomic E-state index is -0.612. The minimum absolute atomic E-state index is 0.270. The van der Waals surface area contributed by atoms with Crippen LogP contribution in [0.3, 0.4) is 0 Å². The van der Waals surface area contributed by atoms with E-state index in [9.17, 15) is 4.79 Å². The zero-order valence-corrected chi connectivity index (χ0v) is 25.0. The Balaban J connectivity index is 1.65. The number of benzene rings is 3. The van der Waals surface area contributed by atoms with E-state index in [1.54, 1.807) is 14.1 Å². The predicted molar refractivity (Wildman–Crippen MR) is 165 cm³/mol. The highest BCUT2D eigenvalue weighted by Crippen LogP contribution is 2.30. The maximum atomic E-state index is 12.9. The molecule has 224 valence electrons. The maximum absolute atomic E-state index is 12.9. The number of nitrogens with one attached hydrogen (secondary N) is 1. The molecule has 1 N–H and O–H groups in total. The summed E-state index contributed by atoms with van der Waals surface area (Å²) in [5, 5.41) is 3.61. The number of ether oxygens (including phenoxy) is 4. The van der Waals surface area contributed by atoms with Gasteiger partial charge in [0.1, 0.15) is 12.2 Å². The maximum Gasteiger partial charge on any atom is 0.409 e. The summed E-state index contributed by atoms with van der Waals surface area (Å²) in [7, 11) is 3.37. The van der Waals surface area contributed by atoms with Gasteiger partial charge in [0.05, 0.1) is 32.5 Å². The molecule has 4 rings (SSSR count). The topological polar surface area (TPSA) is 69.3 Å². The molecule has 0 bridgehead atoms. The van der Waals surface area contributed by atoms with Crippen LogP contribution in [-0.4, -0.2) is 62.6 Å². The van der Waals surface area contributed by atoms with Gasteiger partial charge >= 0.3 is 6.09 Å².